The van der Waals surface area contributed by atoms with E-state index >= 15 is 0 Å². The number of aryl methyl sites for hydroxylation is 1. The predicted octanol–water partition coefficient (Wildman–Crippen LogP) is 2.59. The lowest BCUT2D eigenvalue weighted by molar-refractivity contribution is 0.573. The zero-order valence-corrected chi connectivity index (χ0v) is 17.2. The fourth-order valence-corrected chi connectivity index (χ4v) is 6.10. The van der Waals surface area contributed by atoms with E-state index in [1.807, 2.05) is 0 Å². The minimum Gasteiger partial charge on any atom is -0.270 e. The lowest BCUT2D eigenvalue weighted by atomic mass is 10.1. The van der Waals surface area contributed by atoms with Crippen molar-refractivity contribution in [3.8, 4) is 0 Å². The summed E-state index contributed by atoms with van der Waals surface area (Å²) in [6, 6.07) is 10.5. The van der Waals surface area contributed by atoms with Gasteiger partial charge in [0.2, 0.25) is 20.0 Å². The van der Waals surface area contributed by atoms with E-state index in [0.717, 1.165) is 12.0 Å². The van der Waals surface area contributed by atoms with Gasteiger partial charge >= 0.3 is 0 Å². The van der Waals surface area contributed by atoms with Crippen molar-refractivity contribution in [1.29, 1.82) is 0 Å². The molecule has 2 aromatic carbocycles. The number of nitrogens with one attached hydrogen (secondary N) is 1. The van der Waals surface area contributed by atoms with Crippen LogP contribution < -0.4 is 9.03 Å². The Labute approximate surface area is 165 Å². The SMILES string of the molecule is Cc1ccc(N2CCCCS2(=O)=O)cc1S(=O)(=O)NCCc1ccc(F)cc1. The van der Waals surface area contributed by atoms with Crippen LogP contribution in [0.1, 0.15) is 24.0 Å². The van der Waals surface area contributed by atoms with Crippen molar-refractivity contribution in [3.05, 3.63) is 59.4 Å². The molecule has 0 atom stereocenters. The molecule has 1 N–H and O–H groups in total. The molecule has 0 aliphatic carbocycles. The Bertz CT molecular complexity index is 1050. The quantitative estimate of drug-likeness (QED) is 0.770. The molecule has 9 heteroatoms. The van der Waals surface area contributed by atoms with E-state index in [-0.39, 0.29) is 23.0 Å². The number of anilines is 1. The van der Waals surface area contributed by atoms with Crippen molar-refractivity contribution in [2.24, 2.45) is 0 Å². The molecule has 1 aliphatic rings. The summed E-state index contributed by atoms with van der Waals surface area (Å²) >= 11 is 0. The first-order valence-corrected chi connectivity index (χ1v) is 12.1. The summed E-state index contributed by atoms with van der Waals surface area (Å²) in [5, 5.41) is 0. The van der Waals surface area contributed by atoms with Crippen molar-refractivity contribution in [1.82, 2.24) is 4.72 Å². The van der Waals surface area contributed by atoms with Gasteiger partial charge in [-0.15, -0.1) is 0 Å². The van der Waals surface area contributed by atoms with Crippen LogP contribution in [0.3, 0.4) is 0 Å². The van der Waals surface area contributed by atoms with Gasteiger partial charge in [-0.2, -0.15) is 0 Å². The molecule has 0 unspecified atom stereocenters. The molecule has 152 valence electrons. The highest BCUT2D eigenvalue weighted by Gasteiger charge is 2.27. The van der Waals surface area contributed by atoms with Gasteiger partial charge in [-0.3, -0.25) is 4.31 Å². The van der Waals surface area contributed by atoms with E-state index < -0.39 is 20.0 Å². The number of benzene rings is 2. The first-order chi connectivity index (χ1) is 13.2. The molecule has 2 aromatic rings. The Morgan fingerprint density at radius 2 is 1.82 bits per heavy atom. The minimum absolute atomic E-state index is 0.0601. The van der Waals surface area contributed by atoms with Gasteiger partial charge in [0.05, 0.1) is 16.3 Å². The van der Waals surface area contributed by atoms with Crippen LogP contribution in [-0.4, -0.2) is 35.7 Å². The molecule has 1 saturated heterocycles. The van der Waals surface area contributed by atoms with Crippen LogP contribution in [0.5, 0.6) is 0 Å². The van der Waals surface area contributed by atoms with E-state index in [1.54, 1.807) is 31.2 Å². The summed E-state index contributed by atoms with van der Waals surface area (Å²) in [5.74, 6) is -0.275. The van der Waals surface area contributed by atoms with Crippen molar-refractivity contribution < 1.29 is 21.2 Å². The average Bonchev–Trinajstić information content (AvgIpc) is 2.63. The van der Waals surface area contributed by atoms with E-state index in [9.17, 15) is 21.2 Å². The van der Waals surface area contributed by atoms with Crippen LogP contribution in [0.4, 0.5) is 10.1 Å². The first-order valence-electron chi connectivity index (χ1n) is 9.04. The van der Waals surface area contributed by atoms with Gasteiger partial charge in [-0.05, 0) is 61.6 Å². The summed E-state index contributed by atoms with van der Waals surface area (Å²) in [4.78, 5) is 0.0601. The van der Waals surface area contributed by atoms with Gasteiger partial charge in [0, 0.05) is 13.1 Å². The smallest absolute Gasteiger partial charge is 0.240 e. The first kappa shape index (κ1) is 20.8. The average molecular weight is 427 g/mol. The molecule has 0 aromatic heterocycles. The third kappa shape index (κ3) is 4.71. The highest BCUT2D eigenvalue weighted by Crippen LogP contribution is 2.27. The van der Waals surface area contributed by atoms with E-state index in [2.05, 4.69) is 4.72 Å². The fourth-order valence-electron chi connectivity index (χ4n) is 3.17. The zero-order valence-electron chi connectivity index (χ0n) is 15.6. The number of nitrogens with zero attached hydrogens (tertiary/aromatic N) is 1. The third-order valence-electron chi connectivity index (χ3n) is 4.72. The van der Waals surface area contributed by atoms with Gasteiger partial charge in [-0.25, -0.2) is 25.9 Å². The lowest BCUT2D eigenvalue weighted by Crippen LogP contribution is -2.38. The lowest BCUT2D eigenvalue weighted by Gasteiger charge is -2.28. The normalized spacial score (nSPS) is 16.9. The maximum absolute atomic E-state index is 13.0. The Morgan fingerprint density at radius 3 is 2.50 bits per heavy atom. The van der Waals surface area contributed by atoms with Gasteiger partial charge in [-0.1, -0.05) is 18.2 Å². The van der Waals surface area contributed by atoms with Gasteiger partial charge in [0.1, 0.15) is 5.82 Å². The third-order valence-corrected chi connectivity index (χ3v) is 8.19. The molecule has 0 saturated carbocycles. The molecular weight excluding hydrogens is 403 g/mol. The standard InChI is InChI=1S/C19H23FN2O4S2/c1-15-4-9-18(22-12-2-3-13-27(22,23)24)14-19(15)28(25,26)21-11-10-16-5-7-17(20)8-6-16/h4-9,14,21H,2-3,10-13H2,1H3. The highest BCUT2D eigenvalue weighted by molar-refractivity contribution is 7.92. The second kappa shape index (κ2) is 8.18. The molecule has 0 amide bonds. The number of hydrogen-bond acceptors (Lipinski definition) is 4. The zero-order chi connectivity index (χ0) is 20.4. The van der Waals surface area contributed by atoms with Crippen LogP contribution in [0, 0.1) is 12.7 Å². The number of halogens is 1. The monoisotopic (exact) mass is 426 g/mol. The minimum atomic E-state index is -3.81. The molecule has 1 heterocycles. The Kier molecular flexibility index (Phi) is 6.07. The van der Waals surface area contributed by atoms with Crippen LogP contribution in [0.25, 0.3) is 0 Å². The molecule has 0 bridgehead atoms. The fraction of sp³-hybridized carbons (Fsp3) is 0.368. The molecule has 3 rings (SSSR count). The Hall–Kier alpha value is -1.97. The van der Waals surface area contributed by atoms with E-state index in [1.165, 1.54) is 22.5 Å². The summed E-state index contributed by atoms with van der Waals surface area (Å²) < 4.78 is 66.9. The predicted molar refractivity (Wildman–Crippen MR) is 107 cm³/mol. The van der Waals surface area contributed by atoms with Crippen molar-refractivity contribution >= 4 is 25.7 Å². The van der Waals surface area contributed by atoms with Crippen LogP contribution in [0.2, 0.25) is 0 Å². The van der Waals surface area contributed by atoms with Gasteiger partial charge in [0.15, 0.2) is 0 Å². The van der Waals surface area contributed by atoms with E-state index in [4.69, 9.17) is 0 Å². The largest absolute Gasteiger partial charge is 0.270 e. The molecule has 1 fully saturated rings. The molecular formula is C19H23FN2O4S2. The van der Waals surface area contributed by atoms with Crippen molar-refractivity contribution in [2.75, 3.05) is 23.1 Å². The second-order valence-electron chi connectivity index (χ2n) is 6.82. The van der Waals surface area contributed by atoms with Crippen molar-refractivity contribution in [3.63, 3.8) is 0 Å². The molecule has 0 radical (unpaired) electrons. The molecule has 6 nitrogen and oxygen atoms in total. The summed E-state index contributed by atoms with van der Waals surface area (Å²) in [6.45, 7) is 2.17. The Morgan fingerprint density at radius 1 is 1.11 bits per heavy atom. The number of hydrogen-bond donors (Lipinski definition) is 1. The topological polar surface area (TPSA) is 83.6 Å². The summed E-state index contributed by atoms with van der Waals surface area (Å²) in [6.07, 6.45) is 1.77. The molecule has 0 spiro atoms. The van der Waals surface area contributed by atoms with Crippen molar-refractivity contribution in [2.45, 2.75) is 31.1 Å². The summed E-state index contributed by atoms with van der Waals surface area (Å²) in [5.41, 5.74) is 1.71. The highest BCUT2D eigenvalue weighted by atomic mass is 32.2. The maximum atomic E-state index is 13.0. The maximum Gasteiger partial charge on any atom is 0.240 e. The number of rotatable bonds is 6. The Balaban J connectivity index is 1.78. The van der Waals surface area contributed by atoms with Gasteiger partial charge < -0.3 is 0 Å². The van der Waals surface area contributed by atoms with Crippen LogP contribution in [0.15, 0.2) is 47.4 Å². The number of sulfonamides is 2. The second-order valence-corrected chi connectivity index (χ2v) is 10.6. The van der Waals surface area contributed by atoms with Crippen LogP contribution in [-0.2, 0) is 26.5 Å². The molecule has 28 heavy (non-hydrogen) atoms. The summed E-state index contributed by atoms with van der Waals surface area (Å²) in [7, 11) is -7.23. The van der Waals surface area contributed by atoms with E-state index in [0.29, 0.717) is 30.6 Å². The van der Waals surface area contributed by atoms with Gasteiger partial charge in [0.25, 0.3) is 0 Å². The van der Waals surface area contributed by atoms with Crippen LogP contribution >= 0.6 is 0 Å². The molecule has 1 aliphatic heterocycles.